The monoisotopic (exact) mass is 324 g/mol. The zero-order valence-electron chi connectivity index (χ0n) is 14.8. The Morgan fingerprint density at radius 2 is 1.88 bits per heavy atom. The van der Waals surface area contributed by atoms with Crippen molar-refractivity contribution < 1.29 is 0 Å². The largest absolute Gasteiger partial charge is 0.370 e. The summed E-state index contributed by atoms with van der Waals surface area (Å²) in [5.41, 5.74) is 1.07. The highest BCUT2D eigenvalue weighted by Crippen LogP contribution is 2.26. The van der Waals surface area contributed by atoms with Gasteiger partial charge in [0.25, 0.3) is 0 Å². The molecule has 1 aliphatic heterocycles. The molecule has 0 saturated carbocycles. The van der Waals surface area contributed by atoms with E-state index in [0.29, 0.717) is 0 Å². The molecule has 24 heavy (non-hydrogen) atoms. The van der Waals surface area contributed by atoms with Gasteiger partial charge in [-0.05, 0) is 25.2 Å². The van der Waals surface area contributed by atoms with Gasteiger partial charge in [0.15, 0.2) is 5.82 Å². The highest BCUT2D eigenvalue weighted by atomic mass is 15.2. The normalized spacial score (nSPS) is 15.5. The van der Waals surface area contributed by atoms with Crippen molar-refractivity contribution in [3.8, 4) is 11.4 Å². The molecule has 2 heterocycles. The Bertz CT molecular complexity index is 633. The van der Waals surface area contributed by atoms with Gasteiger partial charge in [-0.25, -0.2) is 9.97 Å². The molecule has 0 aliphatic carbocycles. The summed E-state index contributed by atoms with van der Waals surface area (Å²) in [7, 11) is 0. The lowest BCUT2D eigenvalue weighted by Crippen LogP contribution is -2.33. The Balaban J connectivity index is 1.87. The Kier molecular flexibility index (Phi) is 5.68. The molecule has 4 heteroatoms. The molecule has 1 N–H and O–H groups in total. The van der Waals surface area contributed by atoms with Crippen molar-refractivity contribution >= 4 is 11.6 Å². The number of nitrogens with zero attached hydrogens (tertiary/aromatic N) is 3. The van der Waals surface area contributed by atoms with E-state index in [0.717, 1.165) is 55.0 Å². The standard InChI is InChI=1S/C20H28N4/c1-3-4-12-21-18-15-19(24-13-10-16(2)11-14-24)23-20(22-18)17-8-6-5-7-9-17/h5-9,15-16H,3-4,10-14H2,1-2H3,(H,21,22,23). The average Bonchev–Trinajstić information content (AvgIpc) is 2.63. The quantitative estimate of drug-likeness (QED) is 0.789. The van der Waals surface area contributed by atoms with Gasteiger partial charge in [0.05, 0.1) is 0 Å². The second-order valence-electron chi connectivity index (χ2n) is 6.75. The smallest absolute Gasteiger partial charge is 0.163 e. The van der Waals surface area contributed by atoms with E-state index in [1.165, 1.54) is 19.3 Å². The van der Waals surface area contributed by atoms with Gasteiger partial charge in [0.1, 0.15) is 11.6 Å². The summed E-state index contributed by atoms with van der Waals surface area (Å²) in [6.45, 7) is 7.67. The van der Waals surface area contributed by atoms with Gasteiger partial charge < -0.3 is 10.2 Å². The Labute approximate surface area is 145 Å². The number of hydrogen-bond donors (Lipinski definition) is 1. The summed E-state index contributed by atoms with van der Waals surface area (Å²) < 4.78 is 0. The highest BCUT2D eigenvalue weighted by molar-refractivity contribution is 5.61. The molecule has 0 atom stereocenters. The maximum absolute atomic E-state index is 4.86. The number of anilines is 2. The number of unbranched alkanes of at least 4 members (excludes halogenated alkanes) is 1. The van der Waals surface area contributed by atoms with Crippen LogP contribution in [0.3, 0.4) is 0 Å². The molecule has 0 radical (unpaired) electrons. The summed E-state index contributed by atoms with van der Waals surface area (Å²) in [5.74, 6) is 3.62. The third-order valence-electron chi connectivity index (χ3n) is 4.69. The van der Waals surface area contributed by atoms with Crippen molar-refractivity contribution in [2.75, 3.05) is 29.9 Å². The van der Waals surface area contributed by atoms with Gasteiger partial charge >= 0.3 is 0 Å². The van der Waals surface area contributed by atoms with Crippen molar-refractivity contribution in [1.29, 1.82) is 0 Å². The molecular weight excluding hydrogens is 296 g/mol. The second kappa shape index (κ2) is 8.13. The molecule has 1 saturated heterocycles. The minimum atomic E-state index is 0.811. The van der Waals surface area contributed by atoms with Crippen LogP contribution in [-0.4, -0.2) is 29.6 Å². The molecule has 0 amide bonds. The molecule has 1 aromatic carbocycles. The van der Waals surface area contributed by atoms with E-state index in [2.05, 4.69) is 42.3 Å². The zero-order valence-corrected chi connectivity index (χ0v) is 14.8. The van der Waals surface area contributed by atoms with E-state index in [4.69, 9.17) is 9.97 Å². The van der Waals surface area contributed by atoms with Crippen LogP contribution in [-0.2, 0) is 0 Å². The fraction of sp³-hybridized carbons (Fsp3) is 0.500. The summed E-state index contributed by atoms with van der Waals surface area (Å²) in [6, 6.07) is 12.4. The highest BCUT2D eigenvalue weighted by Gasteiger charge is 2.18. The number of aromatic nitrogens is 2. The predicted octanol–water partition coefficient (Wildman–Crippen LogP) is 4.59. The molecule has 0 spiro atoms. The molecule has 2 aromatic rings. The second-order valence-corrected chi connectivity index (χ2v) is 6.75. The van der Waals surface area contributed by atoms with E-state index in [9.17, 15) is 0 Å². The Morgan fingerprint density at radius 3 is 2.58 bits per heavy atom. The van der Waals surface area contributed by atoms with Crippen LogP contribution >= 0.6 is 0 Å². The van der Waals surface area contributed by atoms with Crippen LogP contribution in [0.25, 0.3) is 11.4 Å². The van der Waals surface area contributed by atoms with E-state index in [1.54, 1.807) is 0 Å². The molecule has 4 nitrogen and oxygen atoms in total. The van der Waals surface area contributed by atoms with Crippen LogP contribution in [0.15, 0.2) is 36.4 Å². The molecule has 128 valence electrons. The molecule has 1 aromatic heterocycles. The molecular formula is C20H28N4. The maximum Gasteiger partial charge on any atom is 0.163 e. The van der Waals surface area contributed by atoms with Gasteiger partial charge in [0.2, 0.25) is 0 Å². The van der Waals surface area contributed by atoms with Crippen molar-refractivity contribution in [1.82, 2.24) is 9.97 Å². The minimum Gasteiger partial charge on any atom is -0.370 e. The first-order valence-electron chi connectivity index (χ1n) is 9.19. The summed E-state index contributed by atoms with van der Waals surface area (Å²) >= 11 is 0. The first-order chi connectivity index (χ1) is 11.8. The molecule has 0 unspecified atom stereocenters. The van der Waals surface area contributed by atoms with Crippen LogP contribution in [0.2, 0.25) is 0 Å². The topological polar surface area (TPSA) is 41.0 Å². The van der Waals surface area contributed by atoms with Gasteiger partial charge in [-0.3, -0.25) is 0 Å². The number of benzene rings is 1. The number of rotatable bonds is 6. The number of nitrogens with one attached hydrogen (secondary N) is 1. The average molecular weight is 324 g/mol. The van der Waals surface area contributed by atoms with Crippen molar-refractivity contribution in [3.63, 3.8) is 0 Å². The van der Waals surface area contributed by atoms with Gasteiger partial charge in [0, 0.05) is 31.3 Å². The number of hydrogen-bond acceptors (Lipinski definition) is 4. The van der Waals surface area contributed by atoms with Gasteiger partial charge in [-0.2, -0.15) is 0 Å². The fourth-order valence-corrected chi connectivity index (χ4v) is 3.03. The van der Waals surface area contributed by atoms with Crippen LogP contribution in [0.4, 0.5) is 11.6 Å². The fourth-order valence-electron chi connectivity index (χ4n) is 3.03. The summed E-state index contributed by atoms with van der Waals surface area (Å²) in [5, 5.41) is 3.47. The zero-order chi connectivity index (χ0) is 16.8. The van der Waals surface area contributed by atoms with E-state index in [-0.39, 0.29) is 0 Å². The molecule has 1 aliphatic rings. The third-order valence-corrected chi connectivity index (χ3v) is 4.69. The third kappa shape index (κ3) is 4.25. The minimum absolute atomic E-state index is 0.811. The first-order valence-corrected chi connectivity index (χ1v) is 9.19. The molecule has 0 bridgehead atoms. The van der Waals surface area contributed by atoms with E-state index in [1.807, 2.05) is 18.2 Å². The van der Waals surface area contributed by atoms with Crippen molar-refractivity contribution in [2.24, 2.45) is 5.92 Å². The van der Waals surface area contributed by atoms with Gasteiger partial charge in [-0.15, -0.1) is 0 Å². The van der Waals surface area contributed by atoms with Crippen molar-refractivity contribution in [2.45, 2.75) is 39.5 Å². The summed E-state index contributed by atoms with van der Waals surface area (Å²) in [6.07, 6.45) is 4.81. The predicted molar refractivity (Wildman–Crippen MR) is 101 cm³/mol. The first kappa shape index (κ1) is 16.7. The number of piperidine rings is 1. The summed E-state index contributed by atoms with van der Waals surface area (Å²) in [4.78, 5) is 12.0. The van der Waals surface area contributed by atoms with E-state index < -0.39 is 0 Å². The maximum atomic E-state index is 4.86. The van der Waals surface area contributed by atoms with Crippen LogP contribution < -0.4 is 10.2 Å². The van der Waals surface area contributed by atoms with Crippen LogP contribution in [0, 0.1) is 5.92 Å². The van der Waals surface area contributed by atoms with Gasteiger partial charge in [-0.1, -0.05) is 50.6 Å². The molecule has 3 rings (SSSR count). The lowest BCUT2D eigenvalue weighted by molar-refractivity contribution is 0.436. The van der Waals surface area contributed by atoms with Crippen LogP contribution in [0.1, 0.15) is 39.5 Å². The lowest BCUT2D eigenvalue weighted by atomic mass is 9.99. The van der Waals surface area contributed by atoms with Crippen LogP contribution in [0.5, 0.6) is 0 Å². The Morgan fingerprint density at radius 1 is 1.12 bits per heavy atom. The van der Waals surface area contributed by atoms with Crippen molar-refractivity contribution in [3.05, 3.63) is 36.4 Å². The SMILES string of the molecule is CCCCNc1cc(N2CCC(C)CC2)nc(-c2ccccc2)n1. The van der Waals surface area contributed by atoms with E-state index >= 15 is 0 Å². The Hall–Kier alpha value is -2.10. The lowest BCUT2D eigenvalue weighted by Gasteiger charge is -2.31. The molecule has 1 fully saturated rings.